The maximum absolute atomic E-state index is 13.7. The molecule has 5 rings (SSSR count). The summed E-state index contributed by atoms with van der Waals surface area (Å²) in [6.07, 6.45) is 3.94. The van der Waals surface area contributed by atoms with Crippen molar-refractivity contribution < 1.29 is 13.2 Å². The molecule has 0 N–H and O–H groups in total. The van der Waals surface area contributed by atoms with Crippen LogP contribution in [0.4, 0.5) is 0 Å². The standard InChI is InChI=1S/C25H21ClN2O3S/c1-17-6-12-21(13-7-17)32(30,31)28-25(29)23(16-18-8-10-20(26)11-9-18)24-22-5-3-2-4-19(22)14-15-27(24)28/h2-15,23-24H,16H2,1H3/t23-,24+/m0/s1. The topological polar surface area (TPSA) is 57.7 Å². The summed E-state index contributed by atoms with van der Waals surface area (Å²) in [4.78, 5) is 13.8. The number of nitrogens with zero attached hydrogens (tertiary/aromatic N) is 2. The van der Waals surface area contributed by atoms with Gasteiger partial charge in [-0.05, 0) is 60.4 Å². The summed E-state index contributed by atoms with van der Waals surface area (Å²) in [6.45, 7) is 1.89. The quantitative estimate of drug-likeness (QED) is 0.546. The summed E-state index contributed by atoms with van der Waals surface area (Å²) in [5.74, 6) is -1.01. The molecule has 3 aromatic rings. The summed E-state index contributed by atoms with van der Waals surface area (Å²) >= 11 is 6.02. The van der Waals surface area contributed by atoms with Gasteiger partial charge in [-0.1, -0.05) is 65.7 Å². The number of carbonyl (C=O) groups is 1. The minimum absolute atomic E-state index is 0.0922. The van der Waals surface area contributed by atoms with E-state index in [1.807, 2.05) is 49.4 Å². The van der Waals surface area contributed by atoms with Gasteiger partial charge in [0.25, 0.3) is 15.9 Å². The average Bonchev–Trinajstić information content (AvgIpc) is 3.08. The Kier molecular flexibility index (Phi) is 5.07. The van der Waals surface area contributed by atoms with Gasteiger partial charge in [0.1, 0.15) is 0 Å². The number of carbonyl (C=O) groups excluding carboxylic acids is 1. The van der Waals surface area contributed by atoms with Gasteiger partial charge < -0.3 is 0 Å². The number of aryl methyl sites for hydroxylation is 1. The normalized spacial score (nSPS) is 19.8. The van der Waals surface area contributed by atoms with E-state index in [4.69, 9.17) is 11.6 Å². The van der Waals surface area contributed by atoms with Crippen LogP contribution >= 0.6 is 11.6 Å². The van der Waals surface area contributed by atoms with E-state index in [0.717, 1.165) is 26.7 Å². The van der Waals surface area contributed by atoms with Gasteiger partial charge in [0.15, 0.2) is 0 Å². The third kappa shape index (κ3) is 3.40. The molecule has 0 aromatic heterocycles. The first kappa shape index (κ1) is 20.8. The lowest BCUT2D eigenvalue weighted by atomic mass is 9.85. The molecule has 0 bridgehead atoms. The van der Waals surface area contributed by atoms with Gasteiger partial charge in [0.05, 0.1) is 16.9 Å². The van der Waals surface area contributed by atoms with E-state index in [1.165, 1.54) is 0 Å². The number of fused-ring (bicyclic) bond motifs is 3. The highest BCUT2D eigenvalue weighted by Crippen LogP contribution is 2.46. The minimum atomic E-state index is -4.07. The van der Waals surface area contributed by atoms with Crippen LogP contribution in [0.2, 0.25) is 5.02 Å². The molecule has 3 aromatic carbocycles. The molecule has 2 aliphatic heterocycles. The van der Waals surface area contributed by atoms with Crippen molar-refractivity contribution in [2.45, 2.75) is 24.3 Å². The zero-order chi connectivity index (χ0) is 22.5. The maximum Gasteiger partial charge on any atom is 0.284 e. The molecule has 5 nitrogen and oxygen atoms in total. The lowest BCUT2D eigenvalue weighted by Crippen LogP contribution is -2.42. The Morgan fingerprint density at radius 3 is 2.34 bits per heavy atom. The molecule has 7 heteroatoms. The number of rotatable bonds is 4. The molecule has 2 heterocycles. The second-order valence-corrected chi connectivity index (χ2v) is 10.3. The number of hydrogen-bond acceptors (Lipinski definition) is 4. The summed E-state index contributed by atoms with van der Waals surface area (Å²) in [5, 5.41) is 2.18. The first-order valence-corrected chi connectivity index (χ1v) is 12.1. The van der Waals surface area contributed by atoms with Gasteiger partial charge in [-0.2, -0.15) is 8.42 Å². The summed E-state index contributed by atoms with van der Waals surface area (Å²) in [6, 6.07) is 21.2. The number of benzene rings is 3. The zero-order valence-electron chi connectivity index (χ0n) is 17.4. The van der Waals surface area contributed by atoms with Crippen LogP contribution in [0.5, 0.6) is 0 Å². The van der Waals surface area contributed by atoms with E-state index in [2.05, 4.69) is 0 Å². The molecule has 0 spiro atoms. The van der Waals surface area contributed by atoms with Crippen molar-refractivity contribution in [1.29, 1.82) is 0 Å². The predicted octanol–water partition coefficient (Wildman–Crippen LogP) is 4.98. The van der Waals surface area contributed by atoms with Crippen LogP contribution in [0.15, 0.2) is 83.9 Å². The second-order valence-electron chi connectivity index (χ2n) is 8.11. The van der Waals surface area contributed by atoms with Gasteiger partial charge in [-0.25, -0.2) is 0 Å². The minimum Gasteiger partial charge on any atom is -0.271 e. The lowest BCUT2D eigenvalue weighted by molar-refractivity contribution is -0.130. The molecule has 0 radical (unpaired) electrons. The molecular weight excluding hydrogens is 444 g/mol. The van der Waals surface area contributed by atoms with Crippen molar-refractivity contribution >= 4 is 33.6 Å². The SMILES string of the molecule is Cc1ccc(S(=O)(=O)N2C(=O)[C@@H](Cc3ccc(Cl)cc3)[C@H]3c4ccccc4C=CN32)cc1. The van der Waals surface area contributed by atoms with Gasteiger partial charge in [0, 0.05) is 11.2 Å². The fourth-order valence-corrected chi connectivity index (χ4v) is 6.00. The Morgan fingerprint density at radius 2 is 1.62 bits per heavy atom. The zero-order valence-corrected chi connectivity index (χ0v) is 18.9. The highest BCUT2D eigenvalue weighted by molar-refractivity contribution is 7.89. The van der Waals surface area contributed by atoms with E-state index in [0.29, 0.717) is 11.4 Å². The molecular formula is C25H21ClN2O3S. The molecule has 2 aliphatic rings. The molecule has 2 atom stereocenters. The van der Waals surface area contributed by atoms with Gasteiger partial charge in [-0.15, -0.1) is 4.41 Å². The van der Waals surface area contributed by atoms with Crippen LogP contribution in [-0.2, 0) is 21.2 Å². The number of amides is 1. The predicted molar refractivity (Wildman–Crippen MR) is 124 cm³/mol. The molecule has 32 heavy (non-hydrogen) atoms. The van der Waals surface area contributed by atoms with Gasteiger partial charge in [-0.3, -0.25) is 9.80 Å². The van der Waals surface area contributed by atoms with Crippen molar-refractivity contribution in [2.75, 3.05) is 0 Å². The van der Waals surface area contributed by atoms with E-state index in [1.54, 1.807) is 47.6 Å². The third-order valence-corrected chi connectivity index (χ3v) is 7.96. The first-order chi connectivity index (χ1) is 15.4. The summed E-state index contributed by atoms with van der Waals surface area (Å²) < 4.78 is 28.1. The molecule has 1 fully saturated rings. The van der Waals surface area contributed by atoms with Crippen molar-refractivity contribution in [3.63, 3.8) is 0 Å². The largest absolute Gasteiger partial charge is 0.284 e. The molecule has 0 saturated carbocycles. The smallest absolute Gasteiger partial charge is 0.271 e. The Balaban J connectivity index is 1.61. The first-order valence-electron chi connectivity index (χ1n) is 10.3. The monoisotopic (exact) mass is 464 g/mol. The summed E-state index contributed by atoms with van der Waals surface area (Å²) in [7, 11) is -4.07. The van der Waals surface area contributed by atoms with Crippen LogP contribution in [0.25, 0.3) is 6.08 Å². The third-order valence-electron chi connectivity index (χ3n) is 6.02. The highest BCUT2D eigenvalue weighted by Gasteiger charge is 2.52. The van der Waals surface area contributed by atoms with Crippen LogP contribution in [-0.4, -0.2) is 23.7 Å². The van der Waals surface area contributed by atoms with Crippen molar-refractivity contribution in [3.05, 3.63) is 106 Å². The van der Waals surface area contributed by atoms with Crippen LogP contribution in [0.3, 0.4) is 0 Å². The fraction of sp³-hybridized carbons (Fsp3) is 0.160. The van der Waals surface area contributed by atoms with E-state index < -0.39 is 27.9 Å². The summed E-state index contributed by atoms with van der Waals surface area (Å²) in [5.41, 5.74) is 3.79. The number of halogens is 1. The van der Waals surface area contributed by atoms with E-state index in [-0.39, 0.29) is 4.90 Å². The second kappa shape index (κ2) is 7.80. The Bertz CT molecular complexity index is 1320. The van der Waals surface area contributed by atoms with Crippen LogP contribution < -0.4 is 0 Å². The molecule has 1 saturated heterocycles. The number of hydrazine groups is 1. The Morgan fingerprint density at radius 1 is 0.938 bits per heavy atom. The van der Waals surface area contributed by atoms with Gasteiger partial charge in [0.2, 0.25) is 0 Å². The number of hydrogen-bond donors (Lipinski definition) is 0. The average molecular weight is 465 g/mol. The van der Waals surface area contributed by atoms with Gasteiger partial charge >= 0.3 is 0 Å². The maximum atomic E-state index is 13.7. The fourth-order valence-electron chi connectivity index (χ4n) is 4.42. The molecule has 0 unspecified atom stereocenters. The van der Waals surface area contributed by atoms with E-state index in [9.17, 15) is 13.2 Å². The van der Waals surface area contributed by atoms with E-state index >= 15 is 0 Å². The molecule has 162 valence electrons. The van der Waals surface area contributed by atoms with Crippen molar-refractivity contribution in [1.82, 2.24) is 9.42 Å². The molecule has 1 amide bonds. The Labute approximate surface area is 192 Å². The lowest BCUT2D eigenvalue weighted by Gasteiger charge is -2.34. The molecule has 0 aliphatic carbocycles. The number of sulfonamides is 1. The van der Waals surface area contributed by atoms with Crippen LogP contribution in [0.1, 0.15) is 28.3 Å². The highest BCUT2D eigenvalue weighted by atomic mass is 35.5. The van der Waals surface area contributed by atoms with Crippen LogP contribution in [0, 0.1) is 12.8 Å². The van der Waals surface area contributed by atoms with Crippen molar-refractivity contribution in [3.8, 4) is 0 Å². The Hall–Kier alpha value is -3.09. The van der Waals surface area contributed by atoms with Crippen molar-refractivity contribution in [2.24, 2.45) is 5.92 Å².